The van der Waals surface area contributed by atoms with Crippen LogP contribution in [0.4, 0.5) is 0 Å². The van der Waals surface area contributed by atoms with E-state index in [4.69, 9.17) is 9.47 Å². The Kier molecular flexibility index (Phi) is 6.95. The molecule has 45 heavy (non-hydrogen) atoms. The molecule has 8 rings (SSSR count). The van der Waals surface area contributed by atoms with Crippen molar-refractivity contribution in [2.24, 2.45) is 5.41 Å². The van der Waals surface area contributed by atoms with Gasteiger partial charge < -0.3 is 0 Å². The predicted molar refractivity (Wildman–Crippen MR) is 185 cm³/mol. The summed E-state index contributed by atoms with van der Waals surface area (Å²) < 4.78 is 18.7. The molecule has 1 saturated heterocycles. The molecular formula is C42H44HfO2. The Morgan fingerprint density at radius 1 is 0.600 bits per heavy atom. The Labute approximate surface area is 273 Å². The van der Waals surface area contributed by atoms with Gasteiger partial charge in [0.25, 0.3) is 0 Å². The predicted octanol–water partition coefficient (Wildman–Crippen LogP) is 11.6. The molecule has 2 fully saturated rings. The van der Waals surface area contributed by atoms with Crippen molar-refractivity contribution in [3.05, 3.63) is 118 Å². The zero-order valence-electron chi connectivity index (χ0n) is 27.5. The van der Waals surface area contributed by atoms with Crippen LogP contribution in [-0.2, 0) is 20.0 Å². The molecule has 1 aliphatic heterocycles. The van der Waals surface area contributed by atoms with E-state index in [0.29, 0.717) is 7.35 Å². The Morgan fingerprint density at radius 2 is 1.02 bits per heavy atom. The van der Waals surface area contributed by atoms with E-state index in [0.717, 1.165) is 11.5 Å². The molecule has 0 aromatic heterocycles. The molecule has 228 valence electrons. The molecule has 4 aliphatic rings. The second-order valence-electron chi connectivity index (χ2n) is 14.8. The summed E-state index contributed by atoms with van der Waals surface area (Å²) in [7, 11) is 0. The molecule has 0 bridgehead atoms. The van der Waals surface area contributed by atoms with Crippen LogP contribution in [0.15, 0.2) is 96.1 Å². The Hall–Kier alpha value is -3.17. The molecule has 2 unspecified atom stereocenters. The van der Waals surface area contributed by atoms with Crippen molar-refractivity contribution in [1.29, 1.82) is 0 Å². The van der Waals surface area contributed by atoms with Crippen molar-refractivity contribution in [2.45, 2.75) is 75.9 Å². The van der Waals surface area contributed by atoms with Crippen LogP contribution in [0, 0.1) is 5.41 Å². The van der Waals surface area contributed by atoms with Gasteiger partial charge in [0.2, 0.25) is 0 Å². The van der Waals surface area contributed by atoms with E-state index < -0.39 is 20.0 Å². The van der Waals surface area contributed by atoms with E-state index in [2.05, 4.69) is 134 Å². The fourth-order valence-electron chi connectivity index (χ4n) is 9.15. The van der Waals surface area contributed by atoms with E-state index in [1.165, 1.54) is 52.6 Å². The van der Waals surface area contributed by atoms with Gasteiger partial charge in [-0.15, -0.1) is 0 Å². The van der Waals surface area contributed by atoms with Crippen molar-refractivity contribution in [2.75, 3.05) is 0 Å². The molecular weight excluding hydrogens is 715 g/mol. The number of fused-ring (bicyclic) bond motifs is 8. The zero-order valence-corrected chi connectivity index (χ0v) is 31.1. The topological polar surface area (TPSA) is 18.5 Å². The van der Waals surface area contributed by atoms with E-state index >= 15 is 0 Å². The summed E-state index contributed by atoms with van der Waals surface area (Å²) in [5, 5.41) is 0. The number of rotatable bonds is 6. The maximum absolute atomic E-state index is 5.96. The van der Waals surface area contributed by atoms with Crippen molar-refractivity contribution < 1.29 is 29.4 Å². The third kappa shape index (κ3) is 4.51. The summed E-state index contributed by atoms with van der Waals surface area (Å²) in [6, 6.07) is 31.8. The number of ether oxygens (including phenoxy) is 2. The van der Waals surface area contributed by atoms with Gasteiger partial charge >= 0.3 is 275 Å². The number of benzene rings is 4. The normalized spacial score (nSPS) is 21.4. The second kappa shape index (κ2) is 10.7. The summed E-state index contributed by atoms with van der Waals surface area (Å²) in [6.07, 6.45) is 9.60. The molecule has 0 amide bonds. The fraction of sp³-hybridized carbons (Fsp3) is 0.333. The van der Waals surface area contributed by atoms with Crippen molar-refractivity contribution in [1.82, 2.24) is 0 Å². The van der Waals surface area contributed by atoms with Gasteiger partial charge in [-0.2, -0.15) is 0 Å². The Bertz CT molecular complexity index is 1720. The van der Waals surface area contributed by atoms with Gasteiger partial charge in [0.1, 0.15) is 0 Å². The molecule has 0 radical (unpaired) electrons. The molecule has 1 spiro atoms. The van der Waals surface area contributed by atoms with Crippen LogP contribution in [0.25, 0.3) is 34.4 Å². The molecule has 4 aromatic carbocycles. The average molecular weight is 759 g/mol. The van der Waals surface area contributed by atoms with Crippen LogP contribution in [0.3, 0.4) is 0 Å². The number of hydrogen-bond acceptors (Lipinski definition) is 2. The van der Waals surface area contributed by atoms with Crippen molar-refractivity contribution >= 4 is 12.2 Å². The van der Waals surface area contributed by atoms with Gasteiger partial charge in [0.15, 0.2) is 0 Å². The first-order chi connectivity index (χ1) is 21.7. The molecule has 2 atom stereocenters. The first-order valence-electron chi connectivity index (χ1n) is 16.9. The molecule has 3 heteroatoms. The van der Waals surface area contributed by atoms with Crippen molar-refractivity contribution in [3.8, 4) is 33.8 Å². The third-order valence-electron chi connectivity index (χ3n) is 11.0. The summed E-state index contributed by atoms with van der Waals surface area (Å²) >= 11 is -3.07. The Balaban J connectivity index is 1.23. The standard InChI is InChI=1S/C40H38O2.2CH3.Hf/c1-26(2)41-34-16-12-28(13-17-34)36-10-5-8-30-22-32(24-38(30)36)40(20-7-21-40)33-23-31-9-6-11-37(39(31)25-33)29-14-18-35(19-15-29)42-27(3)4;;;/h5-6,8-19,22-27H,7,20-21H2,1-4H3;2*1H3;. The first kappa shape index (κ1) is 29.2. The maximum atomic E-state index is 5.96. The Morgan fingerprint density at radius 3 is 1.38 bits per heavy atom. The van der Waals surface area contributed by atoms with Crippen LogP contribution in [-0.4, -0.2) is 12.2 Å². The van der Waals surface area contributed by atoms with E-state index in [1.807, 2.05) is 0 Å². The number of hydrogen-bond donors (Lipinski definition) is 0. The molecule has 1 saturated carbocycles. The monoisotopic (exact) mass is 760 g/mol. The SMILES string of the molecule is CC(C)Oc1ccc(-c2cccc3c2C=C2[CH]3[Hf]([CH3])([CH3])[CH]3C(=Cc4c(-c5ccc(OC(C)C)cc5)cccc43)C23CCC3)cc1. The van der Waals surface area contributed by atoms with Gasteiger partial charge in [-0.25, -0.2) is 0 Å². The van der Waals surface area contributed by atoms with Crippen molar-refractivity contribution in [3.63, 3.8) is 0 Å². The quantitative estimate of drug-likeness (QED) is 0.182. The minimum absolute atomic E-state index is 0.179. The van der Waals surface area contributed by atoms with Crippen LogP contribution < -0.4 is 9.47 Å². The van der Waals surface area contributed by atoms with Crippen LogP contribution in [0.2, 0.25) is 9.36 Å². The summed E-state index contributed by atoms with van der Waals surface area (Å²) in [6.45, 7) is 8.34. The zero-order chi connectivity index (χ0) is 31.1. The fourth-order valence-corrected chi connectivity index (χ4v) is 26.3. The van der Waals surface area contributed by atoms with Gasteiger partial charge in [-0.05, 0) is 0 Å². The van der Waals surface area contributed by atoms with Gasteiger partial charge in [0.05, 0.1) is 0 Å². The van der Waals surface area contributed by atoms with Crippen LogP contribution in [0.1, 0.15) is 76.6 Å². The van der Waals surface area contributed by atoms with Gasteiger partial charge in [-0.3, -0.25) is 0 Å². The van der Waals surface area contributed by atoms with Gasteiger partial charge in [-0.1, -0.05) is 0 Å². The summed E-state index contributed by atoms with van der Waals surface area (Å²) in [5.41, 5.74) is 15.2. The molecule has 2 nitrogen and oxygen atoms in total. The van der Waals surface area contributed by atoms with E-state index in [1.54, 1.807) is 22.3 Å². The molecule has 0 N–H and O–H groups in total. The number of allylic oxidation sites excluding steroid dienone is 2. The average Bonchev–Trinajstić information content (AvgIpc) is 3.58. The molecule has 4 aromatic rings. The van der Waals surface area contributed by atoms with E-state index in [9.17, 15) is 0 Å². The third-order valence-corrected chi connectivity index (χ3v) is 26.2. The molecule has 1 heterocycles. The van der Waals surface area contributed by atoms with E-state index in [-0.39, 0.29) is 17.6 Å². The van der Waals surface area contributed by atoms with Crippen LogP contribution in [0.5, 0.6) is 11.5 Å². The van der Waals surface area contributed by atoms with Crippen LogP contribution >= 0.6 is 0 Å². The second-order valence-corrected chi connectivity index (χ2v) is 32.1. The minimum atomic E-state index is -3.07. The molecule has 3 aliphatic carbocycles. The van der Waals surface area contributed by atoms with Gasteiger partial charge in [0, 0.05) is 0 Å². The first-order valence-corrected chi connectivity index (χ1v) is 28.2. The summed E-state index contributed by atoms with van der Waals surface area (Å²) in [5.74, 6) is 1.88. The summed E-state index contributed by atoms with van der Waals surface area (Å²) in [4.78, 5) is 0.